The standard InChI is InChI=1S/C11H12ClFN2O2/c1-5-7(6-3-4-6)8(13)10(12)15-9(5)11(16)17-14-2/h6,14H,3-4H2,1-2H3. The number of hydrogen-bond donors (Lipinski definition) is 1. The van der Waals surface area contributed by atoms with Crippen LogP contribution >= 0.6 is 11.6 Å². The molecule has 92 valence electrons. The molecule has 0 amide bonds. The summed E-state index contributed by atoms with van der Waals surface area (Å²) < 4.78 is 13.8. The summed E-state index contributed by atoms with van der Waals surface area (Å²) in [5, 5.41) is -0.277. The molecule has 1 N–H and O–H groups in total. The number of hydroxylamine groups is 1. The van der Waals surface area contributed by atoms with Crippen molar-refractivity contribution in [3.8, 4) is 0 Å². The number of nitrogens with zero attached hydrogens (tertiary/aromatic N) is 1. The number of carbonyl (C=O) groups excluding carboxylic acids is 1. The maximum atomic E-state index is 13.8. The van der Waals surface area contributed by atoms with Gasteiger partial charge >= 0.3 is 5.97 Å². The summed E-state index contributed by atoms with van der Waals surface area (Å²) in [5.41, 5.74) is 3.33. The first-order valence-electron chi connectivity index (χ1n) is 5.29. The van der Waals surface area contributed by atoms with Crippen LogP contribution in [-0.4, -0.2) is 18.0 Å². The lowest BCUT2D eigenvalue weighted by Crippen LogP contribution is -2.19. The second-order valence-electron chi connectivity index (χ2n) is 3.97. The van der Waals surface area contributed by atoms with Crippen LogP contribution in [0.5, 0.6) is 0 Å². The SMILES string of the molecule is CNOC(=O)c1nc(Cl)c(F)c(C2CC2)c1C. The Labute approximate surface area is 103 Å². The van der Waals surface area contributed by atoms with E-state index in [4.69, 9.17) is 11.6 Å². The highest BCUT2D eigenvalue weighted by molar-refractivity contribution is 6.29. The van der Waals surface area contributed by atoms with E-state index in [2.05, 4.69) is 15.3 Å². The summed E-state index contributed by atoms with van der Waals surface area (Å²) >= 11 is 5.69. The molecule has 1 aromatic rings. The van der Waals surface area contributed by atoms with Crippen molar-refractivity contribution in [1.82, 2.24) is 10.5 Å². The van der Waals surface area contributed by atoms with E-state index in [0.29, 0.717) is 11.1 Å². The Balaban J connectivity index is 2.49. The summed E-state index contributed by atoms with van der Waals surface area (Å²) in [4.78, 5) is 20.0. The normalized spacial score (nSPS) is 14.8. The minimum atomic E-state index is -0.659. The van der Waals surface area contributed by atoms with Gasteiger partial charge in [-0.25, -0.2) is 14.2 Å². The Bertz CT molecular complexity index is 475. The number of aromatic nitrogens is 1. The van der Waals surface area contributed by atoms with Crippen LogP contribution in [0, 0.1) is 12.7 Å². The molecule has 1 fully saturated rings. The molecule has 0 radical (unpaired) electrons. The Morgan fingerprint density at radius 2 is 2.24 bits per heavy atom. The predicted octanol–water partition coefficient (Wildman–Crippen LogP) is 2.35. The Hall–Kier alpha value is -1.20. The molecular formula is C11H12ClFN2O2. The van der Waals surface area contributed by atoms with Gasteiger partial charge in [-0.15, -0.1) is 0 Å². The molecule has 0 atom stereocenters. The number of rotatable bonds is 3. The van der Waals surface area contributed by atoms with Gasteiger partial charge in [-0.3, -0.25) is 0 Å². The molecule has 2 rings (SSSR count). The quantitative estimate of drug-likeness (QED) is 0.668. The number of nitrogens with one attached hydrogen (secondary N) is 1. The minimum absolute atomic E-state index is 0.0626. The molecular weight excluding hydrogens is 247 g/mol. The van der Waals surface area contributed by atoms with E-state index in [1.807, 2.05) is 0 Å². The molecule has 17 heavy (non-hydrogen) atoms. The molecule has 1 aromatic heterocycles. The Kier molecular flexibility index (Phi) is 3.31. The zero-order chi connectivity index (χ0) is 12.6. The molecule has 6 heteroatoms. The van der Waals surface area contributed by atoms with Crippen molar-refractivity contribution in [1.29, 1.82) is 0 Å². The molecule has 0 aromatic carbocycles. The van der Waals surface area contributed by atoms with E-state index in [9.17, 15) is 9.18 Å². The number of pyridine rings is 1. The van der Waals surface area contributed by atoms with Crippen molar-refractivity contribution in [2.45, 2.75) is 25.7 Å². The molecule has 0 saturated heterocycles. The van der Waals surface area contributed by atoms with Crippen LogP contribution in [-0.2, 0) is 4.84 Å². The van der Waals surface area contributed by atoms with Gasteiger partial charge in [0.1, 0.15) is 0 Å². The maximum absolute atomic E-state index is 13.8. The van der Waals surface area contributed by atoms with Crippen LogP contribution in [0.1, 0.15) is 40.4 Å². The zero-order valence-corrected chi connectivity index (χ0v) is 10.3. The van der Waals surface area contributed by atoms with Gasteiger partial charge < -0.3 is 4.84 Å². The van der Waals surface area contributed by atoms with Crippen LogP contribution in [0.2, 0.25) is 5.15 Å². The van der Waals surface area contributed by atoms with Crippen LogP contribution in [0.3, 0.4) is 0 Å². The number of carbonyl (C=O) groups is 1. The average molecular weight is 259 g/mol. The summed E-state index contributed by atoms with van der Waals surface area (Å²) in [5.74, 6) is -1.03. The monoisotopic (exact) mass is 258 g/mol. The van der Waals surface area contributed by atoms with E-state index < -0.39 is 11.8 Å². The number of halogens is 2. The second-order valence-corrected chi connectivity index (χ2v) is 4.33. The Morgan fingerprint density at radius 1 is 1.59 bits per heavy atom. The van der Waals surface area contributed by atoms with Crippen LogP contribution < -0.4 is 5.48 Å². The smallest absolute Gasteiger partial charge is 0.366 e. The molecule has 0 spiro atoms. The molecule has 1 saturated carbocycles. The molecule has 1 aliphatic carbocycles. The van der Waals surface area contributed by atoms with Crippen molar-refractivity contribution in [3.05, 3.63) is 27.8 Å². The van der Waals surface area contributed by atoms with E-state index in [0.717, 1.165) is 12.8 Å². The molecule has 4 nitrogen and oxygen atoms in total. The van der Waals surface area contributed by atoms with Crippen LogP contribution in [0.4, 0.5) is 4.39 Å². The van der Waals surface area contributed by atoms with Gasteiger partial charge in [-0.05, 0) is 36.8 Å². The molecule has 0 bridgehead atoms. The van der Waals surface area contributed by atoms with Crippen LogP contribution in [0.25, 0.3) is 0 Å². The van der Waals surface area contributed by atoms with E-state index in [1.165, 1.54) is 7.05 Å². The lowest BCUT2D eigenvalue weighted by atomic mass is 10.0. The van der Waals surface area contributed by atoms with Gasteiger partial charge in [0.25, 0.3) is 0 Å². The molecule has 0 aliphatic heterocycles. The lowest BCUT2D eigenvalue weighted by molar-refractivity contribution is 0.0301. The minimum Gasteiger partial charge on any atom is -0.366 e. The summed E-state index contributed by atoms with van der Waals surface area (Å²) in [7, 11) is 1.46. The lowest BCUT2D eigenvalue weighted by Gasteiger charge is -2.11. The van der Waals surface area contributed by atoms with Crippen molar-refractivity contribution >= 4 is 17.6 Å². The Morgan fingerprint density at radius 3 is 2.76 bits per heavy atom. The summed E-state index contributed by atoms with van der Waals surface area (Å²) in [6.45, 7) is 1.66. The predicted molar refractivity (Wildman–Crippen MR) is 60.4 cm³/mol. The third-order valence-corrected chi connectivity index (χ3v) is 3.01. The van der Waals surface area contributed by atoms with Gasteiger partial charge in [-0.2, -0.15) is 5.48 Å². The van der Waals surface area contributed by atoms with Crippen molar-refractivity contribution in [2.75, 3.05) is 7.05 Å². The topological polar surface area (TPSA) is 51.2 Å². The highest BCUT2D eigenvalue weighted by Crippen LogP contribution is 2.44. The first-order chi connectivity index (χ1) is 8.06. The van der Waals surface area contributed by atoms with Crippen molar-refractivity contribution in [2.24, 2.45) is 0 Å². The highest BCUT2D eigenvalue weighted by atomic mass is 35.5. The van der Waals surface area contributed by atoms with Crippen molar-refractivity contribution in [3.63, 3.8) is 0 Å². The first kappa shape index (κ1) is 12.3. The largest absolute Gasteiger partial charge is 0.375 e. The molecule has 0 unspecified atom stereocenters. The third-order valence-electron chi connectivity index (χ3n) is 2.76. The summed E-state index contributed by atoms with van der Waals surface area (Å²) in [6, 6.07) is 0. The fourth-order valence-corrected chi connectivity index (χ4v) is 2.02. The van der Waals surface area contributed by atoms with Gasteiger partial charge in [-0.1, -0.05) is 11.6 Å². The molecule has 1 aliphatic rings. The first-order valence-corrected chi connectivity index (χ1v) is 5.67. The van der Waals surface area contributed by atoms with E-state index >= 15 is 0 Å². The average Bonchev–Trinajstić information content (AvgIpc) is 3.08. The van der Waals surface area contributed by atoms with Gasteiger partial charge in [0.15, 0.2) is 16.7 Å². The highest BCUT2D eigenvalue weighted by Gasteiger charge is 2.32. The fourth-order valence-electron chi connectivity index (χ4n) is 1.83. The number of hydrogen-bond acceptors (Lipinski definition) is 4. The zero-order valence-electron chi connectivity index (χ0n) is 9.51. The van der Waals surface area contributed by atoms with E-state index in [-0.39, 0.29) is 16.8 Å². The fraction of sp³-hybridized carbons (Fsp3) is 0.455. The third kappa shape index (κ3) is 2.25. The van der Waals surface area contributed by atoms with Crippen molar-refractivity contribution < 1.29 is 14.0 Å². The second kappa shape index (κ2) is 4.58. The van der Waals surface area contributed by atoms with Crippen LogP contribution in [0.15, 0.2) is 0 Å². The van der Waals surface area contributed by atoms with Gasteiger partial charge in [0, 0.05) is 7.05 Å². The van der Waals surface area contributed by atoms with Gasteiger partial charge in [0.2, 0.25) is 0 Å². The summed E-state index contributed by atoms with van der Waals surface area (Å²) in [6.07, 6.45) is 1.83. The maximum Gasteiger partial charge on any atom is 0.375 e. The molecule has 1 heterocycles. The van der Waals surface area contributed by atoms with Gasteiger partial charge in [0.05, 0.1) is 0 Å². The van der Waals surface area contributed by atoms with E-state index in [1.54, 1.807) is 6.92 Å².